The predicted octanol–water partition coefficient (Wildman–Crippen LogP) is 5.67. The van der Waals surface area contributed by atoms with Gasteiger partial charge in [-0.1, -0.05) is 62.4 Å². The van der Waals surface area contributed by atoms with Gasteiger partial charge in [-0.3, -0.25) is 14.4 Å². The van der Waals surface area contributed by atoms with Gasteiger partial charge in [-0.25, -0.2) is 14.4 Å². The van der Waals surface area contributed by atoms with Crippen molar-refractivity contribution in [3.63, 3.8) is 0 Å². The second-order valence-corrected chi connectivity index (χ2v) is 25.1. The van der Waals surface area contributed by atoms with Gasteiger partial charge in [-0.05, 0) is 104 Å². The summed E-state index contributed by atoms with van der Waals surface area (Å²) in [5.41, 5.74) is -5.84. The van der Waals surface area contributed by atoms with Crippen molar-refractivity contribution in [2.24, 2.45) is 28.6 Å². The van der Waals surface area contributed by atoms with Gasteiger partial charge >= 0.3 is 30.0 Å². The number of amides is 1. The number of hydrogen-bond acceptors (Lipinski definition) is 22. The molecule has 3 heterocycles. The van der Waals surface area contributed by atoms with E-state index in [4.69, 9.17) is 52.1 Å². The van der Waals surface area contributed by atoms with Crippen LogP contribution in [0.4, 0.5) is 4.79 Å². The fourth-order valence-electron chi connectivity index (χ4n) is 14.4. The fraction of sp³-hybridized carbons (Fsp3) is 0.508. The van der Waals surface area contributed by atoms with E-state index >= 15 is 0 Å². The average molecular weight is 1220 g/mol. The Hall–Kier alpha value is -7.80. The molecule has 0 radical (unpaired) electrons. The first-order valence-corrected chi connectivity index (χ1v) is 29.0. The molecule has 2 bridgehead atoms. The van der Waals surface area contributed by atoms with Crippen LogP contribution in [-0.2, 0) is 47.6 Å². The predicted molar refractivity (Wildman–Crippen MR) is 307 cm³/mol. The molecule has 1 unspecified atom stereocenters. The van der Waals surface area contributed by atoms with E-state index in [-0.39, 0.29) is 60.9 Å². The van der Waals surface area contributed by atoms with Gasteiger partial charge in [0.05, 0.1) is 75.6 Å². The van der Waals surface area contributed by atoms with E-state index in [9.17, 15) is 54.3 Å². The first-order valence-electron chi connectivity index (χ1n) is 29.0. The number of cyclic esters (lactones) is 1. The molecule has 4 aromatic carbocycles. The molecule has 0 aromatic heterocycles. The highest BCUT2D eigenvalue weighted by Gasteiger charge is 2.78. The molecule has 23 nitrogen and oxygen atoms in total. The normalized spacial score (nSPS) is 31.0. The molecule has 4 fully saturated rings. The number of ether oxygens (including phenoxy) is 11. The molecule has 472 valence electrons. The van der Waals surface area contributed by atoms with Gasteiger partial charge in [-0.15, -0.1) is 0 Å². The van der Waals surface area contributed by atoms with Gasteiger partial charge in [0.2, 0.25) is 12.5 Å². The molecule has 7 aliphatic rings. The van der Waals surface area contributed by atoms with Crippen molar-refractivity contribution in [3.05, 3.63) is 124 Å². The third-order valence-electron chi connectivity index (χ3n) is 18.8. The molecule has 0 spiro atoms. The number of ketones is 1. The number of aliphatic hydroxyl groups is 5. The van der Waals surface area contributed by atoms with Crippen LogP contribution < -0.4 is 29.0 Å². The Morgan fingerprint density at radius 1 is 0.807 bits per heavy atom. The maximum atomic E-state index is 14.9. The zero-order valence-electron chi connectivity index (χ0n) is 50.7. The summed E-state index contributed by atoms with van der Waals surface area (Å²) in [7, 11) is 4.63. The van der Waals surface area contributed by atoms with Crippen LogP contribution >= 0.6 is 0 Å². The zero-order chi connectivity index (χ0) is 63.7. The Morgan fingerprint density at radius 3 is 1.99 bits per heavy atom. The summed E-state index contributed by atoms with van der Waals surface area (Å²) in [5, 5.41) is 62.6. The van der Waals surface area contributed by atoms with Crippen molar-refractivity contribution in [2.75, 3.05) is 41.3 Å². The van der Waals surface area contributed by atoms with Crippen LogP contribution in [0.1, 0.15) is 119 Å². The van der Waals surface area contributed by atoms with Crippen molar-refractivity contribution < 1.29 is 106 Å². The number of carbonyl (C=O) groups is 6. The van der Waals surface area contributed by atoms with Crippen molar-refractivity contribution in [1.82, 2.24) is 5.32 Å². The van der Waals surface area contributed by atoms with Crippen LogP contribution in [0.3, 0.4) is 0 Å². The minimum absolute atomic E-state index is 0.0637. The lowest BCUT2D eigenvalue weighted by atomic mass is 9.44. The third-order valence-corrected chi connectivity index (χ3v) is 18.8. The van der Waals surface area contributed by atoms with Crippen molar-refractivity contribution in [1.29, 1.82) is 0 Å². The Bertz CT molecular complexity index is 3390. The first kappa shape index (κ1) is 63.2. The second-order valence-electron chi connectivity index (χ2n) is 25.1. The Morgan fingerprint density at radius 2 is 1.42 bits per heavy atom. The number of benzene rings is 4. The van der Waals surface area contributed by atoms with Gasteiger partial charge in [0.15, 0.2) is 40.5 Å². The van der Waals surface area contributed by atoms with E-state index in [2.05, 4.69) is 5.32 Å². The van der Waals surface area contributed by atoms with Crippen molar-refractivity contribution >= 4 is 35.8 Å². The molecule has 15 atom stereocenters. The standard InChI is InChI=1S/C43H53NO14.C22H22O8/c1-22-26(55-37(51)32(48)30(24-15-11-9-12-16-24)44-38(52)58-39(3,4)5)20-43(53)35(56-36(50)25-17-13-10-14-18-25)33-41(8,34(49)31(47)29(22)40(43,6)7)27(46)19-28-42(33,21-54-28)57-23(2)45;1-25-16-4-10(5-17(26-2)21(16)27-3)18-11-6-14-15(30-9-29-14)7-12(11)20(23)13-8-28-22(24)19(13)18/h9-18,26-28,30-33,35,46-48,53H,19-21H2,1-8H3,(H,44,52);4-7,13,18-20,23H,8-9H2,1-3H3/t26-,27-,28+,30-,31+,32+,33-,35-,41+,42-,43+;13?,18-,19-,20+/m01/s1. The van der Waals surface area contributed by atoms with Gasteiger partial charge in [-0.2, -0.15) is 0 Å². The molecule has 3 aliphatic heterocycles. The molecule has 2 saturated heterocycles. The third kappa shape index (κ3) is 10.6. The molecular weight excluding hydrogens is 1150 g/mol. The van der Waals surface area contributed by atoms with Gasteiger partial charge in [0.1, 0.15) is 35.6 Å². The average Bonchev–Trinajstić information content (AvgIpc) is 0.743. The highest BCUT2D eigenvalue weighted by atomic mass is 16.7. The molecular formula is C65H75NO22. The van der Waals surface area contributed by atoms with Crippen LogP contribution in [0.15, 0.2) is 96.1 Å². The molecule has 4 aliphatic carbocycles. The fourth-order valence-corrected chi connectivity index (χ4v) is 14.4. The van der Waals surface area contributed by atoms with Crippen LogP contribution in [-0.4, -0.2) is 156 Å². The summed E-state index contributed by atoms with van der Waals surface area (Å²) >= 11 is 0. The summed E-state index contributed by atoms with van der Waals surface area (Å²) in [4.78, 5) is 81.6. The number of nitrogens with one attached hydrogen (secondary N) is 1. The zero-order valence-corrected chi connectivity index (χ0v) is 50.7. The maximum Gasteiger partial charge on any atom is 0.408 e. The summed E-state index contributed by atoms with van der Waals surface area (Å²) < 4.78 is 62.4. The summed E-state index contributed by atoms with van der Waals surface area (Å²) in [5.74, 6) is -4.37. The number of methoxy groups -OCH3 is 3. The molecule has 2 saturated carbocycles. The monoisotopic (exact) mass is 1220 g/mol. The van der Waals surface area contributed by atoms with E-state index in [0.717, 1.165) is 18.1 Å². The van der Waals surface area contributed by atoms with E-state index in [1.807, 2.05) is 18.2 Å². The van der Waals surface area contributed by atoms with Crippen LogP contribution in [0.2, 0.25) is 0 Å². The number of esters is 4. The second kappa shape index (κ2) is 23.6. The first-order chi connectivity index (χ1) is 41.6. The number of hydrogen-bond donors (Lipinski definition) is 6. The number of alkyl carbamates (subject to hydrolysis) is 1. The van der Waals surface area contributed by atoms with E-state index in [1.165, 1.54) is 33.1 Å². The minimum Gasteiger partial charge on any atom is -0.493 e. The van der Waals surface area contributed by atoms with Crippen molar-refractivity contribution in [2.45, 2.75) is 140 Å². The van der Waals surface area contributed by atoms with E-state index < -0.39 is 124 Å². The maximum absolute atomic E-state index is 14.9. The number of aliphatic hydroxyl groups excluding tert-OH is 4. The Balaban J connectivity index is 0.000000237. The number of fused-ring (bicyclic) bond motifs is 8. The highest BCUT2D eigenvalue weighted by Crippen LogP contribution is 2.64. The van der Waals surface area contributed by atoms with E-state index in [1.54, 1.807) is 103 Å². The molecule has 4 aromatic rings. The van der Waals surface area contributed by atoms with Gasteiger partial charge < -0.3 is 83.0 Å². The molecule has 11 rings (SSSR count). The summed E-state index contributed by atoms with van der Waals surface area (Å²) in [6.07, 6.45) is -12.3. The molecule has 88 heavy (non-hydrogen) atoms. The van der Waals surface area contributed by atoms with E-state index in [0.29, 0.717) is 39.9 Å². The van der Waals surface area contributed by atoms with Gasteiger partial charge in [0, 0.05) is 37.0 Å². The number of Topliss-reactive ketones (excluding diaryl/α,β-unsaturated/α-hetero) is 1. The lowest BCUT2D eigenvalue weighted by Gasteiger charge is -2.67. The smallest absolute Gasteiger partial charge is 0.408 e. The van der Waals surface area contributed by atoms with Crippen LogP contribution in [0.25, 0.3) is 0 Å². The Labute approximate surface area is 508 Å². The highest BCUT2D eigenvalue weighted by molar-refractivity contribution is 5.94. The lowest BCUT2D eigenvalue weighted by Crippen LogP contribution is -2.81. The Kier molecular flexibility index (Phi) is 17.0. The molecule has 23 heteroatoms. The quantitative estimate of drug-likeness (QED) is 0.0565. The SMILES string of the molecule is CC(=O)O[C@@]12CO[C@@H]1C[C@H](O)[C@@]1(C)C(=O)[C@H](O)C3=C(C)[C@@H](OC(=O)[C@H](O)[C@@H](NC(=O)OC(C)(C)C)c4ccccc4)C[C@@](O)([C@@H](OC(=O)c4ccccc4)[C@H]21)C3(C)C.COc1cc([C@@H]2c3cc4c(cc3[C@H](O)C3COC(=O)[C@H]32)OCO4)cc(OC)c1OC. The largest absolute Gasteiger partial charge is 0.493 e. The van der Waals surface area contributed by atoms with Gasteiger partial charge in [0.25, 0.3) is 0 Å². The van der Waals surface area contributed by atoms with Crippen molar-refractivity contribution in [3.8, 4) is 28.7 Å². The number of carbonyl (C=O) groups excluding carboxylic acids is 6. The molecule has 1 amide bonds. The van der Waals surface area contributed by atoms with Crippen LogP contribution in [0, 0.1) is 28.6 Å². The lowest BCUT2D eigenvalue weighted by molar-refractivity contribution is -0.346. The topological polar surface area (TPSA) is 317 Å². The van der Waals surface area contributed by atoms with Crippen LogP contribution in [0.5, 0.6) is 28.7 Å². The summed E-state index contributed by atoms with van der Waals surface area (Å²) in [6.45, 7) is 12.1. The number of rotatable bonds is 12. The minimum atomic E-state index is -2.35. The molecule has 6 N–H and O–H groups in total. The summed E-state index contributed by atoms with van der Waals surface area (Å²) in [6, 6.07) is 21.9.